The second-order valence-corrected chi connectivity index (χ2v) is 5.57. The first-order valence-electron chi connectivity index (χ1n) is 7.30. The topological polar surface area (TPSA) is 24.5 Å². The van der Waals surface area contributed by atoms with E-state index in [0.717, 1.165) is 12.6 Å². The molecule has 0 spiro atoms. The normalized spacial score (nSPS) is 36.0. The van der Waals surface area contributed by atoms with E-state index < -0.39 is 0 Å². The Balaban J connectivity index is 2.00. The van der Waals surface area contributed by atoms with E-state index in [9.17, 15) is 0 Å². The lowest BCUT2D eigenvalue weighted by Crippen LogP contribution is -2.55. The average Bonchev–Trinajstić information content (AvgIpc) is 2.40. The molecule has 1 aliphatic carbocycles. The van der Waals surface area contributed by atoms with Crippen LogP contribution in [-0.2, 0) is 4.74 Å². The maximum Gasteiger partial charge on any atom is 0.0726 e. The summed E-state index contributed by atoms with van der Waals surface area (Å²) in [6.45, 7) is 2.41. The Bertz CT molecular complexity index is 220. The van der Waals surface area contributed by atoms with Gasteiger partial charge in [0, 0.05) is 25.7 Å². The quantitative estimate of drug-likeness (QED) is 0.813. The summed E-state index contributed by atoms with van der Waals surface area (Å²) in [5.74, 6) is 0. The fourth-order valence-corrected chi connectivity index (χ4v) is 3.65. The number of nitrogens with zero attached hydrogens (tertiary/aromatic N) is 1. The predicted molar refractivity (Wildman–Crippen MR) is 71.3 cm³/mol. The minimum absolute atomic E-state index is 0.473. The zero-order valence-corrected chi connectivity index (χ0v) is 11.5. The third kappa shape index (κ3) is 3.21. The molecule has 1 saturated carbocycles. The van der Waals surface area contributed by atoms with E-state index in [4.69, 9.17) is 4.74 Å². The van der Waals surface area contributed by atoms with E-state index in [0.29, 0.717) is 12.1 Å². The molecule has 2 fully saturated rings. The predicted octanol–water partition coefficient (Wildman–Crippen LogP) is 2.02. The van der Waals surface area contributed by atoms with Crippen LogP contribution in [0.25, 0.3) is 0 Å². The molecule has 3 nitrogen and oxygen atoms in total. The van der Waals surface area contributed by atoms with Crippen LogP contribution in [0.4, 0.5) is 0 Å². The lowest BCUT2D eigenvalue weighted by Gasteiger charge is -2.45. The van der Waals surface area contributed by atoms with E-state index in [1.807, 2.05) is 7.11 Å². The summed E-state index contributed by atoms with van der Waals surface area (Å²) in [4.78, 5) is 2.74. The molecular formula is C14H28N2O. The van der Waals surface area contributed by atoms with Gasteiger partial charge in [-0.15, -0.1) is 0 Å². The van der Waals surface area contributed by atoms with Crippen LogP contribution in [0.2, 0.25) is 0 Å². The zero-order chi connectivity index (χ0) is 12.1. The summed E-state index contributed by atoms with van der Waals surface area (Å²) in [5.41, 5.74) is 0. The van der Waals surface area contributed by atoms with Crippen molar-refractivity contribution in [3.63, 3.8) is 0 Å². The highest BCUT2D eigenvalue weighted by Gasteiger charge is 2.34. The number of hydrogen-bond acceptors (Lipinski definition) is 3. The molecule has 2 aliphatic rings. The molecule has 100 valence electrons. The van der Waals surface area contributed by atoms with Crippen molar-refractivity contribution in [2.75, 3.05) is 27.2 Å². The van der Waals surface area contributed by atoms with E-state index >= 15 is 0 Å². The van der Waals surface area contributed by atoms with Crippen LogP contribution < -0.4 is 5.32 Å². The smallest absolute Gasteiger partial charge is 0.0726 e. The Morgan fingerprint density at radius 2 is 1.88 bits per heavy atom. The van der Waals surface area contributed by atoms with Crippen LogP contribution in [-0.4, -0.2) is 50.3 Å². The monoisotopic (exact) mass is 240 g/mol. The Morgan fingerprint density at radius 1 is 1.12 bits per heavy atom. The van der Waals surface area contributed by atoms with Crippen molar-refractivity contribution >= 4 is 0 Å². The molecule has 2 rings (SSSR count). The number of methoxy groups -OCH3 is 1. The first-order chi connectivity index (χ1) is 8.36. The van der Waals surface area contributed by atoms with Crippen LogP contribution >= 0.6 is 0 Å². The molecule has 0 amide bonds. The lowest BCUT2D eigenvalue weighted by molar-refractivity contribution is -0.0364. The van der Waals surface area contributed by atoms with Gasteiger partial charge in [0.15, 0.2) is 0 Å². The van der Waals surface area contributed by atoms with Gasteiger partial charge in [-0.05, 0) is 39.3 Å². The Kier molecular flexibility index (Phi) is 5.26. The van der Waals surface area contributed by atoms with Crippen LogP contribution in [0.5, 0.6) is 0 Å². The van der Waals surface area contributed by atoms with Gasteiger partial charge in [-0.1, -0.05) is 19.3 Å². The minimum Gasteiger partial charge on any atom is -0.380 e. The Hall–Kier alpha value is -0.120. The fourth-order valence-electron chi connectivity index (χ4n) is 3.65. The number of likely N-dealkylation sites (tertiary alicyclic amines) is 1. The van der Waals surface area contributed by atoms with Gasteiger partial charge in [-0.2, -0.15) is 0 Å². The van der Waals surface area contributed by atoms with Gasteiger partial charge in [0.1, 0.15) is 0 Å². The number of rotatable bonds is 4. The molecule has 17 heavy (non-hydrogen) atoms. The summed E-state index contributed by atoms with van der Waals surface area (Å²) in [6, 6.07) is 1.40. The first kappa shape index (κ1) is 13.3. The highest BCUT2D eigenvalue weighted by molar-refractivity contribution is 4.90. The van der Waals surface area contributed by atoms with Gasteiger partial charge in [0.25, 0.3) is 0 Å². The summed E-state index contributed by atoms with van der Waals surface area (Å²) >= 11 is 0. The van der Waals surface area contributed by atoms with Crippen molar-refractivity contribution < 1.29 is 4.74 Å². The van der Waals surface area contributed by atoms with Crippen LogP contribution in [0, 0.1) is 0 Å². The molecule has 0 bridgehead atoms. The first-order valence-corrected chi connectivity index (χ1v) is 7.30. The second kappa shape index (κ2) is 6.72. The number of ether oxygens (including phenoxy) is 1. The summed E-state index contributed by atoms with van der Waals surface area (Å²) in [6.07, 6.45) is 9.91. The molecule has 0 aromatic rings. The van der Waals surface area contributed by atoms with Gasteiger partial charge in [0.05, 0.1) is 6.10 Å². The van der Waals surface area contributed by atoms with Crippen LogP contribution in [0.3, 0.4) is 0 Å². The van der Waals surface area contributed by atoms with Crippen molar-refractivity contribution in [1.29, 1.82) is 0 Å². The number of likely N-dealkylation sites (N-methyl/N-ethyl adjacent to an activating group) is 1. The molecule has 3 unspecified atom stereocenters. The van der Waals surface area contributed by atoms with Gasteiger partial charge in [-0.25, -0.2) is 0 Å². The van der Waals surface area contributed by atoms with Crippen LogP contribution in [0.1, 0.15) is 44.9 Å². The molecule has 1 heterocycles. The summed E-state index contributed by atoms with van der Waals surface area (Å²) in [5, 5.41) is 3.36. The molecule has 1 N–H and O–H groups in total. The highest BCUT2D eigenvalue weighted by Crippen LogP contribution is 2.30. The third-order valence-corrected chi connectivity index (χ3v) is 4.51. The minimum atomic E-state index is 0.473. The maximum atomic E-state index is 5.72. The van der Waals surface area contributed by atoms with Crippen molar-refractivity contribution in [1.82, 2.24) is 10.2 Å². The molecule has 3 heteroatoms. The van der Waals surface area contributed by atoms with Crippen molar-refractivity contribution in [3.05, 3.63) is 0 Å². The Morgan fingerprint density at radius 3 is 2.65 bits per heavy atom. The van der Waals surface area contributed by atoms with E-state index in [1.54, 1.807) is 0 Å². The second-order valence-electron chi connectivity index (χ2n) is 5.57. The standard InChI is InChI=1S/C14H28N2O/c1-15-11-12-7-5-6-10-16(12)13-8-3-4-9-14(13)17-2/h12-15H,3-11H2,1-2H3. The molecule has 0 aromatic carbocycles. The van der Waals surface area contributed by atoms with E-state index in [1.165, 1.54) is 51.5 Å². The molecule has 0 radical (unpaired) electrons. The SMILES string of the molecule is CNCC1CCCCN1C1CCCCC1OC. The van der Waals surface area contributed by atoms with Gasteiger partial charge >= 0.3 is 0 Å². The maximum absolute atomic E-state index is 5.72. The number of hydrogen-bond donors (Lipinski definition) is 1. The molecule has 0 aromatic heterocycles. The zero-order valence-electron chi connectivity index (χ0n) is 11.5. The largest absolute Gasteiger partial charge is 0.380 e. The molecular weight excluding hydrogens is 212 g/mol. The van der Waals surface area contributed by atoms with Crippen molar-refractivity contribution in [3.8, 4) is 0 Å². The molecule has 3 atom stereocenters. The highest BCUT2D eigenvalue weighted by atomic mass is 16.5. The van der Waals surface area contributed by atoms with Crippen molar-refractivity contribution in [2.24, 2.45) is 0 Å². The summed E-state index contributed by atoms with van der Waals surface area (Å²) in [7, 11) is 3.96. The molecule has 1 saturated heterocycles. The lowest BCUT2D eigenvalue weighted by atomic mass is 9.88. The third-order valence-electron chi connectivity index (χ3n) is 4.51. The molecule has 1 aliphatic heterocycles. The average molecular weight is 240 g/mol. The Labute approximate surface area is 106 Å². The van der Waals surface area contributed by atoms with Gasteiger partial charge in [0.2, 0.25) is 0 Å². The van der Waals surface area contributed by atoms with Gasteiger partial charge < -0.3 is 10.1 Å². The van der Waals surface area contributed by atoms with Gasteiger partial charge in [-0.3, -0.25) is 4.90 Å². The van der Waals surface area contributed by atoms with E-state index in [2.05, 4.69) is 17.3 Å². The fraction of sp³-hybridized carbons (Fsp3) is 1.00. The van der Waals surface area contributed by atoms with Crippen molar-refractivity contribution in [2.45, 2.75) is 63.1 Å². The number of piperidine rings is 1. The van der Waals surface area contributed by atoms with Crippen LogP contribution in [0.15, 0.2) is 0 Å². The summed E-state index contributed by atoms with van der Waals surface area (Å²) < 4.78 is 5.72. The van der Waals surface area contributed by atoms with E-state index in [-0.39, 0.29) is 0 Å². The number of nitrogens with one attached hydrogen (secondary N) is 1.